The largest absolute Gasteiger partial charge is 0.370 e. The fraction of sp³-hybridized carbons (Fsp3) is 0.905. The van der Waals surface area contributed by atoms with E-state index in [4.69, 9.17) is 17.9 Å². The van der Waals surface area contributed by atoms with E-state index in [0.29, 0.717) is 17.8 Å². The lowest BCUT2D eigenvalue weighted by molar-refractivity contribution is -0.103. The van der Waals surface area contributed by atoms with Crippen LogP contribution in [0.1, 0.15) is 71.6 Å². The Balaban J connectivity index is 1.97. The standard InChI is InChI=1S/C21H32N2O/c1-20(23-4)13-11-16(15-9-7-6-8-10-15)18-17(20)12-14-21(2,24-5)19(18)22-3/h15-19H,6-14H2,1-2,5H3/t16-,17+,18-,19-,20-,21-/m1/s1. The third-order valence-electron chi connectivity index (χ3n) is 7.80. The second-order valence-electron chi connectivity index (χ2n) is 8.88. The molecule has 3 aliphatic carbocycles. The molecule has 3 aliphatic rings. The lowest BCUT2D eigenvalue weighted by Crippen LogP contribution is -2.59. The highest BCUT2D eigenvalue weighted by molar-refractivity contribution is 5.17. The molecule has 0 saturated heterocycles. The van der Waals surface area contributed by atoms with Gasteiger partial charge in [0.05, 0.1) is 5.92 Å². The summed E-state index contributed by atoms with van der Waals surface area (Å²) < 4.78 is 5.88. The van der Waals surface area contributed by atoms with E-state index in [1.165, 1.54) is 32.1 Å². The van der Waals surface area contributed by atoms with Gasteiger partial charge in [-0.1, -0.05) is 32.1 Å². The Morgan fingerprint density at radius 1 is 0.958 bits per heavy atom. The fourth-order valence-corrected chi connectivity index (χ4v) is 6.20. The Morgan fingerprint density at radius 3 is 2.25 bits per heavy atom. The van der Waals surface area contributed by atoms with Crippen molar-refractivity contribution < 1.29 is 4.74 Å². The number of ether oxygens (including phenoxy) is 1. The van der Waals surface area contributed by atoms with Crippen LogP contribution in [0.15, 0.2) is 0 Å². The molecular weight excluding hydrogens is 296 g/mol. The minimum atomic E-state index is -0.337. The van der Waals surface area contributed by atoms with Crippen molar-refractivity contribution in [2.45, 2.75) is 88.8 Å². The first-order valence-corrected chi connectivity index (χ1v) is 9.79. The lowest BCUT2D eigenvalue weighted by Gasteiger charge is -2.52. The second kappa shape index (κ2) is 6.68. The fourth-order valence-electron chi connectivity index (χ4n) is 6.20. The molecule has 24 heavy (non-hydrogen) atoms. The van der Waals surface area contributed by atoms with Crippen LogP contribution in [0.5, 0.6) is 0 Å². The summed E-state index contributed by atoms with van der Waals surface area (Å²) in [6.45, 7) is 20.0. The molecule has 0 heterocycles. The van der Waals surface area contributed by atoms with Crippen LogP contribution in [0.3, 0.4) is 0 Å². The summed E-state index contributed by atoms with van der Waals surface area (Å²) in [7, 11) is 1.77. The van der Waals surface area contributed by atoms with E-state index in [0.717, 1.165) is 31.6 Å². The molecule has 0 aliphatic heterocycles. The van der Waals surface area contributed by atoms with Crippen LogP contribution in [0.2, 0.25) is 0 Å². The first-order chi connectivity index (χ1) is 11.5. The van der Waals surface area contributed by atoms with Gasteiger partial charge < -0.3 is 14.4 Å². The summed E-state index contributed by atoms with van der Waals surface area (Å²) in [6, 6.07) is -0.0884. The predicted molar refractivity (Wildman–Crippen MR) is 96.3 cm³/mol. The van der Waals surface area contributed by atoms with Crippen molar-refractivity contribution in [2.75, 3.05) is 7.11 Å². The van der Waals surface area contributed by atoms with E-state index < -0.39 is 0 Å². The van der Waals surface area contributed by atoms with Gasteiger partial charge in [0.25, 0.3) is 6.04 Å². The molecule has 0 radical (unpaired) electrons. The van der Waals surface area contributed by atoms with Gasteiger partial charge in [0, 0.05) is 26.4 Å². The lowest BCUT2D eigenvalue weighted by atomic mass is 9.51. The van der Waals surface area contributed by atoms with Crippen molar-refractivity contribution >= 4 is 0 Å². The van der Waals surface area contributed by atoms with Crippen LogP contribution in [0.4, 0.5) is 0 Å². The molecule has 0 aromatic carbocycles. The van der Waals surface area contributed by atoms with E-state index in [1.807, 2.05) is 0 Å². The van der Waals surface area contributed by atoms with Gasteiger partial charge in [-0.15, -0.1) is 0 Å². The second-order valence-corrected chi connectivity index (χ2v) is 8.88. The number of hydrogen-bond donors (Lipinski definition) is 0. The average Bonchev–Trinajstić information content (AvgIpc) is 2.62. The van der Waals surface area contributed by atoms with Gasteiger partial charge in [0.15, 0.2) is 0 Å². The molecule has 0 N–H and O–H groups in total. The van der Waals surface area contributed by atoms with E-state index in [2.05, 4.69) is 23.5 Å². The molecule has 3 fully saturated rings. The molecule has 3 rings (SSSR count). The molecule has 0 aromatic rings. The highest BCUT2D eigenvalue weighted by Gasteiger charge is 2.63. The molecule has 0 aromatic heterocycles. The summed E-state index contributed by atoms with van der Waals surface area (Å²) >= 11 is 0. The summed E-state index contributed by atoms with van der Waals surface area (Å²) in [4.78, 5) is 8.21. The molecule has 0 spiro atoms. The van der Waals surface area contributed by atoms with Crippen LogP contribution in [-0.2, 0) is 4.74 Å². The van der Waals surface area contributed by atoms with Crippen molar-refractivity contribution in [1.82, 2.24) is 0 Å². The monoisotopic (exact) mass is 328 g/mol. The zero-order chi connectivity index (χ0) is 17.4. The quantitative estimate of drug-likeness (QED) is 0.623. The summed E-state index contributed by atoms with van der Waals surface area (Å²) in [6.07, 6.45) is 10.9. The van der Waals surface area contributed by atoms with Crippen LogP contribution in [-0.4, -0.2) is 24.3 Å². The maximum Gasteiger partial charge on any atom is 0.255 e. The van der Waals surface area contributed by atoms with Crippen molar-refractivity contribution in [3.63, 3.8) is 0 Å². The number of hydrogen-bond acceptors (Lipinski definition) is 1. The van der Waals surface area contributed by atoms with E-state index >= 15 is 0 Å². The van der Waals surface area contributed by atoms with Gasteiger partial charge in [-0.3, -0.25) is 0 Å². The smallest absolute Gasteiger partial charge is 0.255 e. The van der Waals surface area contributed by atoms with Crippen LogP contribution in [0, 0.1) is 36.8 Å². The highest BCUT2D eigenvalue weighted by atomic mass is 16.5. The Bertz CT molecular complexity index is 541. The Hall–Kier alpha value is -1.06. The SMILES string of the molecule is [C-]#[N+][C@@H]1[C@@H]2[C@@H](C3CCCCC3)CC[C@@](C)([N+]#[C-])[C@H]2CC[C@@]1(C)OC. The van der Waals surface area contributed by atoms with Crippen molar-refractivity contribution in [2.24, 2.45) is 23.7 Å². The number of rotatable bonds is 2. The van der Waals surface area contributed by atoms with Gasteiger partial charge in [0.1, 0.15) is 5.60 Å². The molecule has 3 saturated carbocycles. The predicted octanol–water partition coefficient (Wildman–Crippen LogP) is 5.37. The zero-order valence-electron chi connectivity index (χ0n) is 15.6. The number of nitrogens with zero attached hydrogens (tertiary/aromatic N) is 2. The molecule has 3 nitrogen and oxygen atoms in total. The Morgan fingerprint density at radius 2 is 1.67 bits per heavy atom. The highest BCUT2D eigenvalue weighted by Crippen LogP contribution is 2.57. The minimum Gasteiger partial charge on any atom is -0.370 e. The van der Waals surface area contributed by atoms with E-state index in [9.17, 15) is 0 Å². The third kappa shape index (κ3) is 2.76. The molecule has 132 valence electrons. The Labute approximate surface area is 147 Å². The van der Waals surface area contributed by atoms with Crippen LogP contribution >= 0.6 is 0 Å². The average molecular weight is 329 g/mol. The van der Waals surface area contributed by atoms with Gasteiger partial charge in [-0.2, -0.15) is 0 Å². The summed E-state index contributed by atoms with van der Waals surface area (Å²) in [5.74, 6) is 2.11. The molecule has 0 unspecified atom stereocenters. The maximum absolute atomic E-state index is 7.94. The summed E-state index contributed by atoms with van der Waals surface area (Å²) in [5.41, 5.74) is -0.607. The van der Waals surface area contributed by atoms with Crippen molar-refractivity contribution in [3.05, 3.63) is 22.8 Å². The van der Waals surface area contributed by atoms with Crippen molar-refractivity contribution in [1.29, 1.82) is 0 Å². The van der Waals surface area contributed by atoms with Gasteiger partial charge in [0.2, 0.25) is 5.54 Å². The Kier molecular flexibility index (Phi) is 4.94. The first-order valence-electron chi connectivity index (χ1n) is 9.79. The third-order valence-corrected chi connectivity index (χ3v) is 7.80. The van der Waals surface area contributed by atoms with Gasteiger partial charge in [-0.05, 0) is 38.0 Å². The molecule has 0 bridgehead atoms. The zero-order valence-corrected chi connectivity index (χ0v) is 15.6. The topological polar surface area (TPSA) is 18.0 Å². The number of methoxy groups -OCH3 is 1. The van der Waals surface area contributed by atoms with Crippen molar-refractivity contribution in [3.8, 4) is 0 Å². The van der Waals surface area contributed by atoms with E-state index in [1.54, 1.807) is 7.11 Å². The molecular formula is C21H32N2O. The van der Waals surface area contributed by atoms with E-state index in [-0.39, 0.29) is 17.2 Å². The van der Waals surface area contributed by atoms with Crippen LogP contribution < -0.4 is 0 Å². The first kappa shape index (κ1) is 17.8. The van der Waals surface area contributed by atoms with Gasteiger partial charge >= 0.3 is 0 Å². The summed E-state index contributed by atoms with van der Waals surface area (Å²) in [5, 5.41) is 0. The molecule has 3 heteroatoms. The number of fused-ring (bicyclic) bond motifs is 1. The van der Waals surface area contributed by atoms with Crippen LogP contribution in [0.25, 0.3) is 9.69 Å². The van der Waals surface area contributed by atoms with Gasteiger partial charge in [-0.25, -0.2) is 13.1 Å². The molecule has 6 atom stereocenters. The molecule has 0 amide bonds. The maximum atomic E-state index is 7.94. The normalized spacial score (nSPS) is 46.5. The minimum absolute atomic E-state index is 0.0884.